The summed E-state index contributed by atoms with van der Waals surface area (Å²) >= 11 is 0. The fraction of sp³-hybridized carbons (Fsp3) is 0.650. The van der Waals surface area contributed by atoms with Crippen LogP contribution >= 0.6 is 0 Å². The van der Waals surface area contributed by atoms with Crippen LogP contribution in [0.5, 0.6) is 11.5 Å². The fourth-order valence-electron chi connectivity index (χ4n) is 4.07. The van der Waals surface area contributed by atoms with Crippen molar-refractivity contribution in [1.82, 2.24) is 10.2 Å². The number of nitrogens with one attached hydrogen (secondary N) is 1. The summed E-state index contributed by atoms with van der Waals surface area (Å²) in [4.78, 5) is 14.9. The van der Waals surface area contributed by atoms with E-state index in [-0.39, 0.29) is 5.92 Å². The number of fused-ring (bicyclic) bond motifs is 1. The van der Waals surface area contributed by atoms with Gasteiger partial charge in [-0.2, -0.15) is 0 Å². The first-order chi connectivity index (χ1) is 12.3. The van der Waals surface area contributed by atoms with Gasteiger partial charge in [-0.3, -0.25) is 4.79 Å². The lowest BCUT2D eigenvalue weighted by Crippen LogP contribution is -2.41. The lowest BCUT2D eigenvalue weighted by atomic mass is 9.96. The molecule has 4 rings (SSSR count). The van der Waals surface area contributed by atoms with Crippen molar-refractivity contribution in [2.45, 2.75) is 32.1 Å². The monoisotopic (exact) mass is 344 g/mol. The summed E-state index contributed by atoms with van der Waals surface area (Å²) in [5.41, 5.74) is 1.21. The zero-order chi connectivity index (χ0) is 17.2. The van der Waals surface area contributed by atoms with Gasteiger partial charge in [0.2, 0.25) is 5.91 Å². The summed E-state index contributed by atoms with van der Waals surface area (Å²) in [6, 6.07) is 6.14. The molecule has 2 unspecified atom stereocenters. The Morgan fingerprint density at radius 2 is 1.96 bits per heavy atom. The van der Waals surface area contributed by atoms with E-state index in [2.05, 4.69) is 29.3 Å². The molecule has 1 saturated carbocycles. The Morgan fingerprint density at radius 3 is 2.72 bits per heavy atom. The van der Waals surface area contributed by atoms with E-state index in [1.807, 2.05) is 6.07 Å². The fourth-order valence-corrected chi connectivity index (χ4v) is 4.07. The van der Waals surface area contributed by atoms with Crippen LogP contribution in [0.25, 0.3) is 0 Å². The number of hydrogen-bond donors (Lipinski definition) is 1. The summed E-state index contributed by atoms with van der Waals surface area (Å²) in [6.45, 7) is 7.30. The van der Waals surface area contributed by atoms with Crippen LogP contribution in [0.15, 0.2) is 18.2 Å². The van der Waals surface area contributed by atoms with Crippen molar-refractivity contribution in [1.29, 1.82) is 0 Å². The summed E-state index contributed by atoms with van der Waals surface area (Å²) in [6.07, 6.45) is 3.22. The lowest BCUT2D eigenvalue weighted by molar-refractivity contribution is -0.134. The third-order valence-corrected chi connectivity index (χ3v) is 5.71. The minimum atomic E-state index is 0.160. The van der Waals surface area contributed by atoms with E-state index >= 15 is 0 Å². The molecule has 2 aliphatic heterocycles. The summed E-state index contributed by atoms with van der Waals surface area (Å²) in [7, 11) is 0. The Bertz CT molecular complexity index is 625. The van der Waals surface area contributed by atoms with Gasteiger partial charge in [0, 0.05) is 19.0 Å². The highest BCUT2D eigenvalue weighted by Crippen LogP contribution is 2.50. The molecule has 5 nitrogen and oxygen atoms in total. The molecular formula is C20H28N2O3. The number of benzene rings is 1. The molecule has 1 saturated heterocycles. The van der Waals surface area contributed by atoms with Crippen molar-refractivity contribution < 1.29 is 14.3 Å². The van der Waals surface area contributed by atoms with Crippen LogP contribution < -0.4 is 14.8 Å². The van der Waals surface area contributed by atoms with Gasteiger partial charge in [0.15, 0.2) is 11.5 Å². The second-order valence-electron chi connectivity index (χ2n) is 7.43. The number of carbonyl (C=O) groups excluding carboxylic acids is 1. The molecule has 2 fully saturated rings. The highest BCUT2D eigenvalue weighted by atomic mass is 16.6. The average Bonchev–Trinajstić information content (AvgIpc) is 3.46. The first kappa shape index (κ1) is 16.7. The molecule has 1 aromatic carbocycles. The molecular weight excluding hydrogens is 316 g/mol. The van der Waals surface area contributed by atoms with Gasteiger partial charge in [-0.25, -0.2) is 0 Å². The molecule has 25 heavy (non-hydrogen) atoms. The minimum absolute atomic E-state index is 0.160. The van der Waals surface area contributed by atoms with Crippen molar-refractivity contribution in [3.8, 4) is 11.5 Å². The maximum Gasteiger partial charge on any atom is 0.226 e. The second-order valence-corrected chi connectivity index (χ2v) is 7.43. The third-order valence-electron chi connectivity index (χ3n) is 5.71. The first-order valence-electron chi connectivity index (χ1n) is 9.65. The summed E-state index contributed by atoms with van der Waals surface area (Å²) in [5, 5.41) is 3.43. The second kappa shape index (κ2) is 7.24. The van der Waals surface area contributed by atoms with E-state index in [1.54, 1.807) is 0 Å². The predicted molar refractivity (Wildman–Crippen MR) is 96.1 cm³/mol. The molecule has 3 aliphatic rings. The molecule has 1 aromatic rings. The Hall–Kier alpha value is -1.75. The molecule has 5 heteroatoms. The molecule has 0 aromatic heterocycles. The van der Waals surface area contributed by atoms with E-state index in [0.717, 1.165) is 62.9 Å². The standard InChI is InChI=1S/C20H28N2O3/c1-2-21-13-14-5-7-22(8-6-14)20(23)17-12-16(17)15-3-4-18-19(11-15)25-10-9-24-18/h3-4,11,14,16-17,21H,2,5-10,12-13H2,1H3. The average molecular weight is 344 g/mol. The largest absolute Gasteiger partial charge is 0.486 e. The number of likely N-dealkylation sites (tertiary alicyclic amines) is 1. The lowest BCUT2D eigenvalue weighted by Gasteiger charge is -2.32. The molecule has 2 heterocycles. The van der Waals surface area contributed by atoms with Gasteiger partial charge in [0.05, 0.1) is 0 Å². The zero-order valence-electron chi connectivity index (χ0n) is 15.0. The van der Waals surface area contributed by atoms with E-state index in [9.17, 15) is 4.79 Å². The number of rotatable bonds is 5. The predicted octanol–water partition coefficient (Wildman–Crippen LogP) is 2.41. The first-order valence-corrected chi connectivity index (χ1v) is 9.65. The Balaban J connectivity index is 1.32. The number of nitrogens with zero attached hydrogens (tertiary/aromatic N) is 1. The van der Waals surface area contributed by atoms with Crippen molar-refractivity contribution in [2.75, 3.05) is 39.4 Å². The van der Waals surface area contributed by atoms with Gasteiger partial charge in [-0.15, -0.1) is 0 Å². The SMILES string of the molecule is CCNCC1CCN(C(=O)C2CC2c2ccc3c(c2)OCCO3)CC1. The summed E-state index contributed by atoms with van der Waals surface area (Å²) < 4.78 is 11.3. The van der Waals surface area contributed by atoms with Crippen LogP contribution in [0.3, 0.4) is 0 Å². The van der Waals surface area contributed by atoms with Crippen molar-refractivity contribution in [3.63, 3.8) is 0 Å². The highest BCUT2D eigenvalue weighted by Gasteiger charge is 2.46. The van der Waals surface area contributed by atoms with Crippen LogP contribution in [0, 0.1) is 11.8 Å². The number of carbonyl (C=O) groups is 1. The Kier molecular flexibility index (Phi) is 4.84. The van der Waals surface area contributed by atoms with E-state index in [4.69, 9.17) is 9.47 Å². The molecule has 1 amide bonds. The minimum Gasteiger partial charge on any atom is -0.486 e. The number of amides is 1. The van der Waals surface area contributed by atoms with Gasteiger partial charge in [0.25, 0.3) is 0 Å². The molecule has 136 valence electrons. The van der Waals surface area contributed by atoms with Gasteiger partial charge in [0.1, 0.15) is 13.2 Å². The van der Waals surface area contributed by atoms with Crippen LogP contribution in [-0.4, -0.2) is 50.2 Å². The molecule has 1 N–H and O–H groups in total. The normalized spacial score (nSPS) is 25.7. The quantitative estimate of drug-likeness (QED) is 0.891. The zero-order valence-corrected chi connectivity index (χ0v) is 15.0. The number of ether oxygens (including phenoxy) is 2. The Morgan fingerprint density at radius 1 is 1.20 bits per heavy atom. The topological polar surface area (TPSA) is 50.8 Å². The molecule has 2 atom stereocenters. The maximum atomic E-state index is 12.8. The number of hydrogen-bond acceptors (Lipinski definition) is 4. The van der Waals surface area contributed by atoms with Crippen LogP contribution in [0.2, 0.25) is 0 Å². The molecule has 0 spiro atoms. The third kappa shape index (κ3) is 3.61. The van der Waals surface area contributed by atoms with Gasteiger partial charge < -0.3 is 19.7 Å². The van der Waals surface area contributed by atoms with Crippen molar-refractivity contribution >= 4 is 5.91 Å². The van der Waals surface area contributed by atoms with Gasteiger partial charge in [-0.05, 0) is 61.9 Å². The van der Waals surface area contributed by atoms with E-state index in [1.165, 1.54) is 5.56 Å². The van der Waals surface area contributed by atoms with Crippen LogP contribution in [0.4, 0.5) is 0 Å². The smallest absolute Gasteiger partial charge is 0.226 e. The Labute approximate surface area is 149 Å². The number of piperidine rings is 1. The van der Waals surface area contributed by atoms with Crippen molar-refractivity contribution in [2.24, 2.45) is 11.8 Å². The molecule has 0 radical (unpaired) electrons. The van der Waals surface area contributed by atoms with Crippen LogP contribution in [0.1, 0.15) is 37.7 Å². The highest BCUT2D eigenvalue weighted by molar-refractivity contribution is 5.83. The summed E-state index contributed by atoms with van der Waals surface area (Å²) in [5.74, 6) is 3.22. The molecule has 0 bridgehead atoms. The van der Waals surface area contributed by atoms with Crippen LogP contribution in [-0.2, 0) is 4.79 Å². The van der Waals surface area contributed by atoms with Gasteiger partial charge in [-0.1, -0.05) is 13.0 Å². The van der Waals surface area contributed by atoms with Crippen molar-refractivity contribution in [3.05, 3.63) is 23.8 Å². The van der Waals surface area contributed by atoms with E-state index in [0.29, 0.717) is 25.0 Å². The van der Waals surface area contributed by atoms with Gasteiger partial charge >= 0.3 is 0 Å². The molecule has 1 aliphatic carbocycles. The maximum absolute atomic E-state index is 12.8. The van der Waals surface area contributed by atoms with E-state index < -0.39 is 0 Å².